The van der Waals surface area contributed by atoms with Crippen LogP contribution in [-0.2, 0) is 11.8 Å². The first-order chi connectivity index (χ1) is 12.0. The summed E-state index contributed by atoms with van der Waals surface area (Å²) in [6, 6.07) is 7.22. The van der Waals surface area contributed by atoms with Crippen molar-refractivity contribution in [3.63, 3.8) is 0 Å². The lowest BCUT2D eigenvalue weighted by molar-refractivity contribution is -0.134. The van der Waals surface area contributed by atoms with Crippen LogP contribution in [0.3, 0.4) is 0 Å². The van der Waals surface area contributed by atoms with E-state index in [9.17, 15) is 4.79 Å². The van der Waals surface area contributed by atoms with E-state index in [4.69, 9.17) is 16.3 Å². The van der Waals surface area contributed by atoms with Crippen LogP contribution in [-0.4, -0.2) is 53.9 Å². The van der Waals surface area contributed by atoms with Crippen LogP contribution in [0, 0.1) is 5.92 Å². The SMILES string of the molecule is CN(CCOc1ccc(Cl)cc1)C(=O)[C@H]1CNC[C@@H]1c1cnn(C)c1.Cl. The highest BCUT2D eigenvalue weighted by molar-refractivity contribution is 6.30. The molecule has 0 radical (unpaired) electrons. The Morgan fingerprint density at radius 1 is 1.38 bits per heavy atom. The number of amides is 1. The molecule has 1 aliphatic rings. The standard InChI is InChI=1S/C18H23ClN4O2.ClH/c1-22(7-8-25-15-5-3-14(19)4-6-15)18(24)17-11-20-10-16(17)13-9-21-23(2)12-13;/h3-6,9,12,16-17,20H,7-8,10-11H2,1-2H3;1H/t16-,17+;/m1./s1. The zero-order chi connectivity index (χ0) is 17.8. The number of nitrogens with one attached hydrogen (secondary N) is 1. The Morgan fingerprint density at radius 3 is 2.77 bits per heavy atom. The molecule has 26 heavy (non-hydrogen) atoms. The molecule has 1 saturated heterocycles. The number of likely N-dealkylation sites (N-methyl/N-ethyl adjacent to an activating group) is 1. The molecule has 0 spiro atoms. The molecule has 1 amide bonds. The molecule has 1 N–H and O–H groups in total. The van der Waals surface area contributed by atoms with Crippen LogP contribution < -0.4 is 10.1 Å². The highest BCUT2D eigenvalue weighted by Gasteiger charge is 2.36. The first-order valence-electron chi connectivity index (χ1n) is 8.37. The predicted molar refractivity (Wildman–Crippen MR) is 104 cm³/mol. The number of carbonyl (C=O) groups is 1. The summed E-state index contributed by atoms with van der Waals surface area (Å²) in [4.78, 5) is 14.6. The fourth-order valence-electron chi connectivity index (χ4n) is 3.14. The number of aromatic nitrogens is 2. The largest absolute Gasteiger partial charge is 0.492 e. The average Bonchev–Trinajstić information content (AvgIpc) is 3.24. The summed E-state index contributed by atoms with van der Waals surface area (Å²) in [5, 5.41) is 8.22. The van der Waals surface area contributed by atoms with Gasteiger partial charge in [-0.3, -0.25) is 9.48 Å². The van der Waals surface area contributed by atoms with Gasteiger partial charge in [0.25, 0.3) is 0 Å². The zero-order valence-corrected chi connectivity index (χ0v) is 16.5. The smallest absolute Gasteiger partial charge is 0.227 e. The molecule has 0 saturated carbocycles. The second-order valence-electron chi connectivity index (χ2n) is 6.38. The third-order valence-corrected chi connectivity index (χ3v) is 4.82. The van der Waals surface area contributed by atoms with Gasteiger partial charge in [-0.2, -0.15) is 5.10 Å². The molecule has 1 aromatic heterocycles. The van der Waals surface area contributed by atoms with E-state index in [1.165, 1.54) is 0 Å². The van der Waals surface area contributed by atoms with Gasteiger partial charge in [-0.05, 0) is 29.8 Å². The van der Waals surface area contributed by atoms with E-state index in [2.05, 4.69) is 10.4 Å². The van der Waals surface area contributed by atoms with Gasteiger partial charge in [0.05, 0.1) is 18.7 Å². The number of ether oxygens (including phenoxy) is 1. The van der Waals surface area contributed by atoms with Gasteiger partial charge in [0, 0.05) is 44.3 Å². The van der Waals surface area contributed by atoms with Crippen LogP contribution in [0.15, 0.2) is 36.7 Å². The Bertz CT molecular complexity index is 720. The summed E-state index contributed by atoms with van der Waals surface area (Å²) < 4.78 is 7.45. The maximum atomic E-state index is 12.8. The number of aryl methyl sites for hydroxylation is 1. The normalized spacial score (nSPS) is 19.0. The molecule has 1 fully saturated rings. The van der Waals surface area contributed by atoms with Crippen molar-refractivity contribution in [2.75, 3.05) is 33.3 Å². The fourth-order valence-corrected chi connectivity index (χ4v) is 3.27. The van der Waals surface area contributed by atoms with Crippen LogP contribution >= 0.6 is 24.0 Å². The van der Waals surface area contributed by atoms with Gasteiger partial charge in [-0.15, -0.1) is 12.4 Å². The molecule has 8 heteroatoms. The molecule has 2 heterocycles. The highest BCUT2D eigenvalue weighted by Crippen LogP contribution is 2.29. The van der Waals surface area contributed by atoms with Crippen molar-refractivity contribution in [3.05, 3.63) is 47.2 Å². The monoisotopic (exact) mass is 398 g/mol. The molecule has 3 rings (SSSR count). The van der Waals surface area contributed by atoms with Gasteiger partial charge in [-0.1, -0.05) is 11.6 Å². The molecule has 0 aliphatic carbocycles. The fraction of sp³-hybridized carbons (Fsp3) is 0.444. The maximum Gasteiger partial charge on any atom is 0.227 e. The van der Waals surface area contributed by atoms with Crippen LogP contribution in [0.1, 0.15) is 11.5 Å². The number of benzene rings is 1. The minimum Gasteiger partial charge on any atom is -0.492 e. The highest BCUT2D eigenvalue weighted by atomic mass is 35.5. The topological polar surface area (TPSA) is 59.4 Å². The average molecular weight is 399 g/mol. The first kappa shape index (κ1) is 20.6. The van der Waals surface area contributed by atoms with E-state index < -0.39 is 0 Å². The van der Waals surface area contributed by atoms with Gasteiger partial charge in [0.2, 0.25) is 5.91 Å². The second-order valence-corrected chi connectivity index (χ2v) is 6.82. The predicted octanol–water partition coefficient (Wildman–Crippen LogP) is 2.34. The molecule has 0 unspecified atom stereocenters. The molecule has 142 valence electrons. The molecule has 2 aromatic rings. The lowest BCUT2D eigenvalue weighted by atomic mass is 9.90. The van der Waals surface area contributed by atoms with Gasteiger partial charge in [-0.25, -0.2) is 0 Å². The van der Waals surface area contributed by atoms with Gasteiger partial charge in [0.15, 0.2) is 0 Å². The molecular weight excluding hydrogens is 375 g/mol. The van der Waals surface area contributed by atoms with Crippen LogP contribution in [0.4, 0.5) is 0 Å². The van der Waals surface area contributed by atoms with Crippen LogP contribution in [0.2, 0.25) is 5.02 Å². The molecule has 6 nitrogen and oxygen atoms in total. The van der Waals surface area contributed by atoms with Crippen molar-refractivity contribution in [2.45, 2.75) is 5.92 Å². The van der Waals surface area contributed by atoms with Crippen molar-refractivity contribution in [1.29, 1.82) is 0 Å². The van der Waals surface area contributed by atoms with E-state index in [1.54, 1.807) is 21.7 Å². The molecule has 1 aliphatic heterocycles. The number of hydrogen-bond acceptors (Lipinski definition) is 4. The summed E-state index contributed by atoms with van der Waals surface area (Å²) in [7, 11) is 3.72. The minimum atomic E-state index is -0.0651. The number of hydrogen-bond donors (Lipinski definition) is 1. The molecule has 0 bridgehead atoms. The van der Waals surface area contributed by atoms with Gasteiger partial charge < -0.3 is 15.0 Å². The van der Waals surface area contributed by atoms with Crippen molar-refractivity contribution in [3.8, 4) is 5.75 Å². The quantitative estimate of drug-likeness (QED) is 0.810. The van der Waals surface area contributed by atoms with E-state index in [1.807, 2.05) is 38.6 Å². The Balaban J connectivity index is 0.00000243. The summed E-state index contributed by atoms with van der Waals surface area (Å²) in [6.45, 7) is 2.48. The van der Waals surface area contributed by atoms with Crippen LogP contribution in [0.25, 0.3) is 0 Å². The number of rotatable bonds is 6. The van der Waals surface area contributed by atoms with Crippen molar-refractivity contribution >= 4 is 29.9 Å². The van der Waals surface area contributed by atoms with Gasteiger partial charge >= 0.3 is 0 Å². The van der Waals surface area contributed by atoms with E-state index in [0.717, 1.165) is 17.9 Å². The molecule has 2 atom stereocenters. The van der Waals surface area contributed by atoms with E-state index in [-0.39, 0.29) is 30.2 Å². The Kier molecular flexibility index (Phi) is 7.32. The summed E-state index contributed by atoms with van der Waals surface area (Å²) in [6.07, 6.45) is 3.84. The van der Waals surface area contributed by atoms with Crippen molar-refractivity contribution in [1.82, 2.24) is 20.0 Å². The Labute approximate surface area is 164 Å². The number of carbonyl (C=O) groups excluding carboxylic acids is 1. The number of halogens is 2. The van der Waals surface area contributed by atoms with E-state index in [0.29, 0.717) is 24.7 Å². The third kappa shape index (κ3) is 4.90. The Hall–Kier alpha value is -1.76. The summed E-state index contributed by atoms with van der Waals surface area (Å²) in [5.74, 6) is 0.991. The van der Waals surface area contributed by atoms with Gasteiger partial charge in [0.1, 0.15) is 12.4 Å². The molecule has 1 aromatic carbocycles. The van der Waals surface area contributed by atoms with E-state index >= 15 is 0 Å². The number of nitrogens with zero attached hydrogens (tertiary/aromatic N) is 3. The van der Waals surface area contributed by atoms with Crippen LogP contribution in [0.5, 0.6) is 5.75 Å². The zero-order valence-electron chi connectivity index (χ0n) is 14.9. The summed E-state index contributed by atoms with van der Waals surface area (Å²) >= 11 is 5.86. The first-order valence-corrected chi connectivity index (χ1v) is 8.75. The lowest BCUT2D eigenvalue weighted by Gasteiger charge is -2.24. The Morgan fingerprint density at radius 2 is 2.12 bits per heavy atom. The maximum absolute atomic E-state index is 12.8. The summed E-state index contributed by atoms with van der Waals surface area (Å²) in [5.41, 5.74) is 1.11. The van der Waals surface area contributed by atoms with Crippen molar-refractivity contribution in [2.24, 2.45) is 13.0 Å². The second kappa shape index (κ2) is 9.26. The molecular formula is C18H24Cl2N4O2. The third-order valence-electron chi connectivity index (χ3n) is 4.57. The lowest BCUT2D eigenvalue weighted by Crippen LogP contribution is -2.38. The minimum absolute atomic E-state index is 0. The van der Waals surface area contributed by atoms with Crippen molar-refractivity contribution < 1.29 is 9.53 Å².